The number of aryl methyl sites for hydroxylation is 1. The van der Waals surface area contributed by atoms with Crippen molar-refractivity contribution in [1.82, 2.24) is 9.78 Å². The molecule has 1 saturated heterocycles. The van der Waals surface area contributed by atoms with Crippen LogP contribution in [0.5, 0.6) is 0 Å². The number of hydrogen-bond donors (Lipinski definition) is 1. The number of carboxylic acid groups (broad SMARTS) is 1. The Morgan fingerprint density at radius 3 is 2.85 bits per heavy atom. The van der Waals surface area contributed by atoms with Crippen LogP contribution in [0.25, 0.3) is 17.8 Å². The second-order valence-corrected chi connectivity index (χ2v) is 6.87. The predicted octanol–water partition coefficient (Wildman–Crippen LogP) is 1.38. The Morgan fingerprint density at radius 2 is 2.07 bits per heavy atom. The topological polar surface area (TPSA) is 67.6 Å². The molecular weight excluding hydrogens is 342 g/mol. The van der Waals surface area contributed by atoms with E-state index in [0.29, 0.717) is 19.0 Å². The van der Waals surface area contributed by atoms with Gasteiger partial charge in [0.1, 0.15) is 0 Å². The van der Waals surface area contributed by atoms with Gasteiger partial charge in [0.2, 0.25) is 0 Å². The molecule has 2 aliphatic rings. The van der Waals surface area contributed by atoms with Gasteiger partial charge in [-0.3, -0.25) is 0 Å². The Bertz CT molecular complexity index is 989. The zero-order chi connectivity index (χ0) is 18.8. The molecule has 0 saturated carbocycles. The summed E-state index contributed by atoms with van der Waals surface area (Å²) in [6, 6.07) is 7.48. The van der Waals surface area contributed by atoms with Crippen LogP contribution in [0.4, 0.5) is 5.82 Å². The van der Waals surface area contributed by atoms with Gasteiger partial charge in [0.15, 0.2) is 11.9 Å². The molecule has 1 atom stereocenters. The standard InChI is InChI=1S/C21H23N3O3/c1-15-8-10-16(11-9-15)24-18-7-5-3-2-4-6-17(18)20(22-24)23-12-13-27-14-19(23)21(25)26/h2,4,6-11,19H,3,5,12-14H2,1H3,(H,25,26)/b4-2+,17-6+,18-7+. The van der Waals surface area contributed by atoms with E-state index in [1.807, 2.05) is 33.9 Å². The maximum Gasteiger partial charge on any atom is 0.328 e. The van der Waals surface area contributed by atoms with Gasteiger partial charge in [-0.25, -0.2) is 9.48 Å². The van der Waals surface area contributed by atoms with E-state index in [9.17, 15) is 9.90 Å². The van der Waals surface area contributed by atoms with E-state index in [4.69, 9.17) is 9.84 Å². The van der Waals surface area contributed by atoms with Gasteiger partial charge in [-0.1, -0.05) is 35.9 Å². The van der Waals surface area contributed by atoms with Crippen molar-refractivity contribution in [1.29, 1.82) is 0 Å². The van der Waals surface area contributed by atoms with E-state index in [2.05, 4.69) is 31.2 Å². The van der Waals surface area contributed by atoms with Gasteiger partial charge in [0.05, 0.1) is 24.3 Å². The number of hydrogen-bond acceptors (Lipinski definition) is 4. The van der Waals surface area contributed by atoms with E-state index in [0.717, 1.165) is 29.1 Å². The molecule has 1 N–H and O–H groups in total. The van der Waals surface area contributed by atoms with Crippen LogP contribution in [-0.4, -0.2) is 46.7 Å². The summed E-state index contributed by atoms with van der Waals surface area (Å²) in [4.78, 5) is 13.6. The number of aliphatic carboxylic acids is 1. The average Bonchev–Trinajstić information content (AvgIpc) is 2.99. The lowest BCUT2D eigenvalue weighted by molar-refractivity contribution is -0.141. The Balaban J connectivity index is 1.93. The maximum absolute atomic E-state index is 11.8. The number of anilines is 1. The summed E-state index contributed by atoms with van der Waals surface area (Å²) in [5.41, 5.74) is 2.16. The van der Waals surface area contributed by atoms with Gasteiger partial charge in [0.25, 0.3) is 0 Å². The monoisotopic (exact) mass is 365 g/mol. The number of aromatic nitrogens is 2. The second kappa shape index (κ2) is 7.40. The number of rotatable bonds is 3. The fourth-order valence-electron chi connectivity index (χ4n) is 3.52. The first-order chi connectivity index (χ1) is 13.1. The highest BCUT2D eigenvalue weighted by atomic mass is 16.5. The molecule has 1 unspecified atom stereocenters. The highest BCUT2D eigenvalue weighted by Crippen LogP contribution is 2.16. The van der Waals surface area contributed by atoms with Crippen LogP contribution in [0.2, 0.25) is 0 Å². The average molecular weight is 365 g/mol. The molecule has 140 valence electrons. The number of allylic oxidation sites excluding steroid dienone is 2. The van der Waals surface area contributed by atoms with Gasteiger partial charge in [0, 0.05) is 11.8 Å². The SMILES string of the molecule is Cc1ccc(-n2nc(N3CCOCC3C(=O)O)c3/c2=C\CC\C=C\C=3)cc1. The number of nitrogens with zero attached hydrogens (tertiary/aromatic N) is 3. The molecule has 6 heteroatoms. The normalized spacial score (nSPS) is 23.1. The largest absolute Gasteiger partial charge is 0.480 e. The summed E-state index contributed by atoms with van der Waals surface area (Å²) >= 11 is 0. The quantitative estimate of drug-likeness (QED) is 0.890. The van der Waals surface area contributed by atoms with Crippen LogP contribution in [0.1, 0.15) is 18.4 Å². The lowest BCUT2D eigenvalue weighted by Gasteiger charge is -2.33. The predicted molar refractivity (Wildman–Crippen MR) is 104 cm³/mol. The minimum Gasteiger partial charge on any atom is -0.480 e. The third-order valence-corrected chi connectivity index (χ3v) is 4.97. The molecule has 6 nitrogen and oxygen atoms in total. The minimum absolute atomic E-state index is 0.168. The first kappa shape index (κ1) is 17.5. The number of fused-ring (bicyclic) bond motifs is 1. The highest BCUT2D eigenvalue weighted by molar-refractivity contribution is 5.78. The van der Waals surface area contributed by atoms with Crippen molar-refractivity contribution < 1.29 is 14.6 Å². The zero-order valence-corrected chi connectivity index (χ0v) is 15.3. The molecule has 4 rings (SSSR count). The van der Waals surface area contributed by atoms with Crippen molar-refractivity contribution in [2.45, 2.75) is 25.8 Å². The fourth-order valence-corrected chi connectivity index (χ4v) is 3.52. The Morgan fingerprint density at radius 1 is 1.26 bits per heavy atom. The smallest absolute Gasteiger partial charge is 0.328 e. The van der Waals surface area contributed by atoms with Crippen molar-refractivity contribution in [3.8, 4) is 5.69 Å². The molecule has 1 aromatic carbocycles. The molecule has 0 bridgehead atoms. The first-order valence-corrected chi connectivity index (χ1v) is 9.25. The minimum atomic E-state index is -0.890. The summed E-state index contributed by atoms with van der Waals surface area (Å²) in [6.07, 6.45) is 10.3. The van der Waals surface area contributed by atoms with Crippen LogP contribution < -0.4 is 15.5 Å². The van der Waals surface area contributed by atoms with Crippen molar-refractivity contribution >= 4 is 23.9 Å². The van der Waals surface area contributed by atoms with E-state index in [-0.39, 0.29) is 6.61 Å². The van der Waals surface area contributed by atoms with Gasteiger partial charge >= 0.3 is 5.97 Å². The third-order valence-electron chi connectivity index (χ3n) is 4.97. The number of carboxylic acids is 1. The van der Waals surface area contributed by atoms with E-state index in [1.165, 1.54) is 5.56 Å². The summed E-state index contributed by atoms with van der Waals surface area (Å²) in [6.45, 7) is 3.22. The molecule has 1 aliphatic carbocycles. The Hall–Kier alpha value is -2.86. The third kappa shape index (κ3) is 3.40. The van der Waals surface area contributed by atoms with Crippen molar-refractivity contribution in [2.24, 2.45) is 0 Å². The molecule has 2 heterocycles. The summed E-state index contributed by atoms with van der Waals surface area (Å²) in [5.74, 6) is -0.192. The lowest BCUT2D eigenvalue weighted by Crippen LogP contribution is -2.52. The molecule has 1 aliphatic heterocycles. The molecule has 0 amide bonds. The number of morpholine rings is 1. The summed E-state index contributed by atoms with van der Waals surface area (Å²) in [5, 5.41) is 16.5. The van der Waals surface area contributed by atoms with Gasteiger partial charge in [-0.05, 0) is 38.0 Å². The fraction of sp³-hybridized carbons (Fsp3) is 0.333. The van der Waals surface area contributed by atoms with E-state index < -0.39 is 12.0 Å². The second-order valence-electron chi connectivity index (χ2n) is 6.87. The molecule has 1 aromatic heterocycles. The Labute approximate surface area is 157 Å². The van der Waals surface area contributed by atoms with Crippen molar-refractivity contribution in [3.63, 3.8) is 0 Å². The molecule has 1 fully saturated rings. The van der Waals surface area contributed by atoms with Crippen LogP contribution in [0.3, 0.4) is 0 Å². The molecule has 27 heavy (non-hydrogen) atoms. The molecule has 2 aromatic rings. The van der Waals surface area contributed by atoms with Gasteiger partial charge in [-0.2, -0.15) is 0 Å². The van der Waals surface area contributed by atoms with Crippen LogP contribution in [-0.2, 0) is 9.53 Å². The van der Waals surface area contributed by atoms with Gasteiger partial charge in [-0.15, -0.1) is 5.10 Å². The molecule has 0 radical (unpaired) electrons. The van der Waals surface area contributed by atoms with Crippen LogP contribution >= 0.6 is 0 Å². The van der Waals surface area contributed by atoms with Crippen LogP contribution in [0.15, 0.2) is 36.4 Å². The summed E-state index contributed by atoms with van der Waals surface area (Å²) < 4.78 is 7.32. The first-order valence-electron chi connectivity index (χ1n) is 9.25. The summed E-state index contributed by atoms with van der Waals surface area (Å²) in [7, 11) is 0. The number of carbonyl (C=O) groups is 1. The van der Waals surface area contributed by atoms with E-state index >= 15 is 0 Å². The van der Waals surface area contributed by atoms with E-state index in [1.54, 1.807) is 0 Å². The molecule has 0 spiro atoms. The lowest BCUT2D eigenvalue weighted by atomic mass is 10.1. The highest BCUT2D eigenvalue weighted by Gasteiger charge is 2.32. The van der Waals surface area contributed by atoms with Crippen molar-refractivity contribution in [3.05, 3.63) is 52.5 Å². The maximum atomic E-state index is 11.8. The number of benzene rings is 1. The Kier molecular flexibility index (Phi) is 4.81. The molecular formula is C21H23N3O3. The van der Waals surface area contributed by atoms with Crippen LogP contribution in [0, 0.1) is 6.92 Å². The zero-order valence-electron chi connectivity index (χ0n) is 15.3. The van der Waals surface area contributed by atoms with Gasteiger partial charge < -0.3 is 14.7 Å². The van der Waals surface area contributed by atoms with Crippen molar-refractivity contribution in [2.75, 3.05) is 24.7 Å². The number of ether oxygens (including phenoxy) is 1.